The normalized spacial score (nSPS) is 26.2. The Balaban J connectivity index is 1.80. The lowest BCUT2D eigenvalue weighted by Crippen LogP contribution is -2.50. The molecule has 1 aromatic carbocycles. The van der Waals surface area contributed by atoms with Crippen LogP contribution in [0, 0.1) is 12.8 Å². The van der Waals surface area contributed by atoms with Gasteiger partial charge < -0.3 is 4.74 Å². The quantitative estimate of drug-likeness (QED) is 0.649. The first-order valence-electron chi connectivity index (χ1n) is 9.55. The summed E-state index contributed by atoms with van der Waals surface area (Å²) in [7, 11) is -7.22. The first kappa shape index (κ1) is 21.3. The fourth-order valence-corrected chi connectivity index (χ4v) is 8.89. The number of esters is 1. The fourth-order valence-electron chi connectivity index (χ4n) is 4.06. The molecule has 9 heteroatoms. The van der Waals surface area contributed by atoms with Crippen molar-refractivity contribution in [3.05, 3.63) is 29.8 Å². The molecule has 2 aliphatic heterocycles. The van der Waals surface area contributed by atoms with Gasteiger partial charge in [-0.25, -0.2) is 16.8 Å². The van der Waals surface area contributed by atoms with E-state index in [1.165, 1.54) is 0 Å². The van der Waals surface area contributed by atoms with E-state index in [0.29, 0.717) is 32.5 Å². The zero-order valence-corrected chi connectivity index (χ0v) is 17.8. The highest BCUT2D eigenvalue weighted by molar-refractivity contribution is 7.96. The maximum Gasteiger partial charge on any atom is 0.309 e. The summed E-state index contributed by atoms with van der Waals surface area (Å²) >= 11 is 0. The molecule has 28 heavy (non-hydrogen) atoms. The Bertz CT molecular complexity index is 916. The van der Waals surface area contributed by atoms with Gasteiger partial charge in [0.05, 0.1) is 34.2 Å². The van der Waals surface area contributed by atoms with Crippen LogP contribution in [0.5, 0.6) is 0 Å². The maximum absolute atomic E-state index is 13.2. The van der Waals surface area contributed by atoms with Gasteiger partial charge in [0.15, 0.2) is 19.7 Å². The monoisotopic (exact) mass is 429 g/mol. The molecule has 0 saturated carbocycles. The molecule has 2 unspecified atom stereocenters. The standard InChI is InChI=1S/C19H27NO6S2/c1-3-26-19(21)15-8-10-20(11-9-15)17-12-27(22,23)13-18(17)28(24,25)16-6-4-14(2)5-7-16/h4-7,15,17-18H,3,8-13H2,1-2H3. The lowest BCUT2D eigenvalue weighted by Gasteiger charge is -2.36. The summed E-state index contributed by atoms with van der Waals surface area (Å²) in [6.07, 6.45) is 1.10. The van der Waals surface area contributed by atoms with Gasteiger partial charge in [-0.2, -0.15) is 0 Å². The van der Waals surface area contributed by atoms with Crippen LogP contribution in [0.15, 0.2) is 29.2 Å². The molecule has 0 radical (unpaired) electrons. The first-order chi connectivity index (χ1) is 13.1. The lowest BCUT2D eigenvalue weighted by molar-refractivity contribution is -0.149. The highest BCUT2D eigenvalue weighted by Gasteiger charge is 2.48. The number of hydrogen-bond acceptors (Lipinski definition) is 7. The minimum atomic E-state index is -3.78. The van der Waals surface area contributed by atoms with E-state index < -0.39 is 31.0 Å². The second-order valence-electron chi connectivity index (χ2n) is 7.60. The minimum Gasteiger partial charge on any atom is -0.466 e. The average Bonchev–Trinajstić information content (AvgIpc) is 2.99. The van der Waals surface area contributed by atoms with E-state index in [2.05, 4.69) is 0 Å². The SMILES string of the molecule is CCOC(=O)C1CCN(C2CS(=O)(=O)CC2S(=O)(=O)c2ccc(C)cc2)CC1. The molecular weight excluding hydrogens is 402 g/mol. The molecule has 0 spiro atoms. The van der Waals surface area contributed by atoms with Crippen molar-refractivity contribution < 1.29 is 26.4 Å². The molecule has 2 aliphatic rings. The van der Waals surface area contributed by atoms with E-state index in [-0.39, 0.29) is 28.3 Å². The molecule has 0 aliphatic carbocycles. The van der Waals surface area contributed by atoms with Crippen LogP contribution in [-0.2, 0) is 29.2 Å². The van der Waals surface area contributed by atoms with Crippen molar-refractivity contribution in [3.63, 3.8) is 0 Å². The molecule has 0 bridgehead atoms. The van der Waals surface area contributed by atoms with Gasteiger partial charge >= 0.3 is 5.97 Å². The van der Waals surface area contributed by atoms with Gasteiger partial charge in [-0.15, -0.1) is 0 Å². The van der Waals surface area contributed by atoms with Crippen molar-refractivity contribution in [3.8, 4) is 0 Å². The summed E-state index contributed by atoms with van der Waals surface area (Å²) in [5.74, 6) is -0.954. The Morgan fingerprint density at radius 1 is 1.14 bits per heavy atom. The second kappa shape index (κ2) is 8.12. The number of carbonyl (C=O) groups excluding carboxylic acids is 1. The van der Waals surface area contributed by atoms with Crippen LogP contribution in [-0.4, -0.2) is 70.2 Å². The van der Waals surface area contributed by atoms with Gasteiger partial charge in [-0.1, -0.05) is 17.7 Å². The predicted octanol–water partition coefficient (Wildman–Crippen LogP) is 1.21. The summed E-state index contributed by atoms with van der Waals surface area (Å²) in [6.45, 7) is 4.94. The highest BCUT2D eigenvalue weighted by Crippen LogP contribution is 2.31. The highest BCUT2D eigenvalue weighted by atomic mass is 32.2. The number of nitrogens with zero attached hydrogens (tertiary/aromatic N) is 1. The van der Waals surface area contributed by atoms with E-state index in [1.54, 1.807) is 31.2 Å². The van der Waals surface area contributed by atoms with Crippen molar-refractivity contribution >= 4 is 25.6 Å². The molecule has 2 fully saturated rings. The van der Waals surface area contributed by atoms with Gasteiger partial charge in [0.25, 0.3) is 0 Å². The Morgan fingerprint density at radius 2 is 1.75 bits per heavy atom. The van der Waals surface area contributed by atoms with E-state index >= 15 is 0 Å². The first-order valence-corrected chi connectivity index (χ1v) is 12.9. The van der Waals surface area contributed by atoms with Crippen molar-refractivity contribution in [2.75, 3.05) is 31.2 Å². The zero-order chi connectivity index (χ0) is 20.5. The third-order valence-electron chi connectivity index (χ3n) is 5.64. The van der Waals surface area contributed by atoms with Crippen LogP contribution in [0.1, 0.15) is 25.3 Å². The molecule has 0 amide bonds. The Hall–Kier alpha value is -1.45. The van der Waals surface area contributed by atoms with E-state index in [0.717, 1.165) is 5.56 Å². The molecule has 2 saturated heterocycles. The fraction of sp³-hybridized carbons (Fsp3) is 0.632. The second-order valence-corrected chi connectivity index (χ2v) is 11.9. The summed E-state index contributed by atoms with van der Waals surface area (Å²) in [4.78, 5) is 14.0. The van der Waals surface area contributed by atoms with E-state index in [1.807, 2.05) is 11.8 Å². The maximum atomic E-state index is 13.2. The van der Waals surface area contributed by atoms with Crippen LogP contribution in [0.4, 0.5) is 0 Å². The number of rotatable bonds is 5. The summed E-state index contributed by atoms with van der Waals surface area (Å²) in [5, 5.41) is -0.987. The minimum absolute atomic E-state index is 0.159. The number of benzene rings is 1. The number of likely N-dealkylation sites (tertiary alicyclic amines) is 1. The summed E-state index contributed by atoms with van der Waals surface area (Å²) < 4.78 is 56.1. The number of aryl methyl sites for hydroxylation is 1. The molecule has 0 N–H and O–H groups in total. The Labute approximate surface area is 166 Å². The van der Waals surface area contributed by atoms with E-state index in [9.17, 15) is 21.6 Å². The molecule has 0 aromatic heterocycles. The lowest BCUT2D eigenvalue weighted by atomic mass is 9.95. The van der Waals surface area contributed by atoms with Gasteiger partial charge in [-0.3, -0.25) is 9.69 Å². The molecule has 1 aromatic rings. The van der Waals surface area contributed by atoms with Crippen LogP contribution < -0.4 is 0 Å². The largest absolute Gasteiger partial charge is 0.466 e. The summed E-state index contributed by atoms with van der Waals surface area (Å²) in [5.41, 5.74) is 0.940. The molecule has 7 nitrogen and oxygen atoms in total. The van der Waals surface area contributed by atoms with Crippen molar-refractivity contribution in [1.29, 1.82) is 0 Å². The number of ether oxygens (including phenoxy) is 1. The third-order valence-corrected chi connectivity index (χ3v) is 9.77. The van der Waals surface area contributed by atoms with Crippen LogP contribution >= 0.6 is 0 Å². The zero-order valence-electron chi connectivity index (χ0n) is 16.2. The van der Waals surface area contributed by atoms with Gasteiger partial charge in [0, 0.05) is 6.04 Å². The van der Waals surface area contributed by atoms with Gasteiger partial charge in [0.1, 0.15) is 0 Å². The number of hydrogen-bond donors (Lipinski definition) is 0. The van der Waals surface area contributed by atoms with E-state index in [4.69, 9.17) is 4.74 Å². The smallest absolute Gasteiger partial charge is 0.309 e. The average molecular weight is 430 g/mol. The van der Waals surface area contributed by atoms with Gasteiger partial charge in [-0.05, 0) is 51.9 Å². The number of carbonyl (C=O) groups is 1. The van der Waals surface area contributed by atoms with Crippen molar-refractivity contribution in [2.24, 2.45) is 5.92 Å². The van der Waals surface area contributed by atoms with Gasteiger partial charge in [0.2, 0.25) is 0 Å². The van der Waals surface area contributed by atoms with Crippen LogP contribution in [0.25, 0.3) is 0 Å². The molecule has 3 rings (SSSR count). The molecule has 2 heterocycles. The summed E-state index contributed by atoms with van der Waals surface area (Å²) in [6, 6.07) is 5.94. The predicted molar refractivity (Wildman–Crippen MR) is 106 cm³/mol. The topological polar surface area (TPSA) is 97.8 Å². The van der Waals surface area contributed by atoms with Crippen molar-refractivity contribution in [1.82, 2.24) is 4.90 Å². The third kappa shape index (κ3) is 4.41. The Kier molecular flexibility index (Phi) is 6.17. The number of sulfone groups is 2. The Morgan fingerprint density at radius 3 is 2.32 bits per heavy atom. The van der Waals surface area contributed by atoms with Crippen molar-refractivity contribution in [2.45, 2.75) is 42.9 Å². The number of piperidine rings is 1. The van der Waals surface area contributed by atoms with Crippen LogP contribution in [0.3, 0.4) is 0 Å². The molecular formula is C19H27NO6S2. The molecule has 156 valence electrons. The van der Waals surface area contributed by atoms with Crippen LogP contribution in [0.2, 0.25) is 0 Å². The molecule has 2 atom stereocenters.